The fourth-order valence-electron chi connectivity index (χ4n) is 1.02. The molecular formula is C6H9N7. The zero-order valence-corrected chi connectivity index (χ0v) is 7.41. The lowest BCUT2D eigenvalue weighted by molar-refractivity contribution is 0.621. The molecular weight excluding hydrogens is 170 g/mol. The van der Waals surface area contributed by atoms with Gasteiger partial charge in [0.2, 0.25) is 0 Å². The fraction of sp³-hybridized carbons (Fsp3) is 0.500. The normalized spacial score (nSPS) is 10.6. The summed E-state index contributed by atoms with van der Waals surface area (Å²) in [7, 11) is 1.82. The highest BCUT2D eigenvalue weighted by Crippen LogP contribution is 1.96. The highest BCUT2D eigenvalue weighted by atomic mass is 15.5. The van der Waals surface area contributed by atoms with Crippen molar-refractivity contribution < 1.29 is 0 Å². The Kier molecular flexibility index (Phi) is 1.76. The van der Waals surface area contributed by atoms with E-state index < -0.39 is 0 Å². The summed E-state index contributed by atoms with van der Waals surface area (Å²) >= 11 is 0. The minimum absolute atomic E-state index is 0.562. The molecule has 0 saturated carbocycles. The monoisotopic (exact) mass is 179 g/mol. The van der Waals surface area contributed by atoms with Gasteiger partial charge in [0.15, 0.2) is 0 Å². The largest absolute Gasteiger partial charge is 0.255 e. The molecule has 0 aliphatic carbocycles. The van der Waals surface area contributed by atoms with Crippen LogP contribution in [0.5, 0.6) is 0 Å². The van der Waals surface area contributed by atoms with Gasteiger partial charge in [0.25, 0.3) is 0 Å². The number of tetrazole rings is 1. The molecule has 0 fully saturated rings. The van der Waals surface area contributed by atoms with E-state index in [0.29, 0.717) is 6.54 Å². The van der Waals surface area contributed by atoms with Crippen LogP contribution in [0.4, 0.5) is 0 Å². The number of aryl methyl sites for hydroxylation is 2. The smallest absolute Gasteiger partial charge is 0.148 e. The molecule has 0 amide bonds. The van der Waals surface area contributed by atoms with Gasteiger partial charge in [-0.1, -0.05) is 5.21 Å². The fourth-order valence-corrected chi connectivity index (χ4v) is 1.02. The van der Waals surface area contributed by atoms with Crippen molar-refractivity contribution in [2.75, 3.05) is 0 Å². The molecule has 0 radical (unpaired) electrons. The van der Waals surface area contributed by atoms with Crippen LogP contribution in [-0.4, -0.2) is 35.2 Å². The number of nitrogens with zero attached hydrogens (tertiary/aromatic N) is 7. The molecule has 7 nitrogen and oxygen atoms in total. The molecule has 2 rings (SSSR count). The molecule has 0 N–H and O–H groups in total. The van der Waals surface area contributed by atoms with Gasteiger partial charge in [0.1, 0.15) is 11.5 Å². The summed E-state index contributed by atoms with van der Waals surface area (Å²) in [6, 6.07) is 0. The van der Waals surface area contributed by atoms with E-state index in [1.807, 2.05) is 20.2 Å². The van der Waals surface area contributed by atoms with E-state index in [-0.39, 0.29) is 0 Å². The van der Waals surface area contributed by atoms with Crippen LogP contribution in [-0.2, 0) is 13.6 Å². The van der Waals surface area contributed by atoms with Gasteiger partial charge in [0, 0.05) is 7.05 Å². The van der Waals surface area contributed by atoms with E-state index >= 15 is 0 Å². The van der Waals surface area contributed by atoms with Gasteiger partial charge in [-0.25, -0.2) is 4.68 Å². The van der Waals surface area contributed by atoms with E-state index in [2.05, 4.69) is 25.8 Å². The molecule has 0 aliphatic rings. The Bertz CT molecular complexity index is 401. The Morgan fingerprint density at radius 2 is 2.15 bits per heavy atom. The molecule has 0 unspecified atom stereocenters. The molecule has 0 aromatic carbocycles. The van der Waals surface area contributed by atoms with Crippen LogP contribution >= 0.6 is 0 Å². The Morgan fingerprint density at radius 1 is 1.31 bits per heavy atom. The predicted molar refractivity (Wildman–Crippen MR) is 42.7 cm³/mol. The molecule has 0 spiro atoms. The van der Waals surface area contributed by atoms with E-state index in [4.69, 9.17) is 0 Å². The second-order valence-corrected chi connectivity index (χ2v) is 2.77. The highest BCUT2D eigenvalue weighted by Gasteiger charge is 2.03. The Balaban J connectivity index is 2.19. The van der Waals surface area contributed by atoms with Gasteiger partial charge >= 0.3 is 0 Å². The van der Waals surface area contributed by atoms with Gasteiger partial charge in [-0.2, -0.15) is 0 Å². The van der Waals surface area contributed by atoms with E-state index in [0.717, 1.165) is 11.5 Å². The topological polar surface area (TPSA) is 74.3 Å². The van der Waals surface area contributed by atoms with Gasteiger partial charge in [-0.15, -0.1) is 10.2 Å². The third-order valence-electron chi connectivity index (χ3n) is 1.67. The van der Waals surface area contributed by atoms with Crippen molar-refractivity contribution in [3.05, 3.63) is 17.7 Å². The maximum absolute atomic E-state index is 3.93. The minimum atomic E-state index is 0.562. The number of hydrogen-bond donors (Lipinski definition) is 0. The van der Waals surface area contributed by atoms with E-state index in [1.54, 1.807) is 9.36 Å². The average Bonchev–Trinajstić information content (AvgIpc) is 2.64. The molecule has 0 bridgehead atoms. The molecule has 0 saturated heterocycles. The summed E-state index contributed by atoms with van der Waals surface area (Å²) in [6.45, 7) is 2.41. The van der Waals surface area contributed by atoms with Crippen molar-refractivity contribution >= 4 is 0 Å². The molecule has 2 heterocycles. The molecule has 2 aromatic heterocycles. The Labute approximate surface area is 74.4 Å². The zero-order chi connectivity index (χ0) is 9.26. The first-order chi connectivity index (χ1) is 6.25. The van der Waals surface area contributed by atoms with Crippen molar-refractivity contribution in [3.8, 4) is 0 Å². The number of aromatic nitrogens is 7. The third-order valence-corrected chi connectivity index (χ3v) is 1.67. The average molecular weight is 179 g/mol. The molecule has 0 atom stereocenters. The molecule has 0 aliphatic heterocycles. The lowest BCUT2D eigenvalue weighted by Crippen LogP contribution is -2.04. The van der Waals surface area contributed by atoms with E-state index in [9.17, 15) is 0 Å². The first-order valence-electron chi connectivity index (χ1n) is 3.83. The zero-order valence-electron chi connectivity index (χ0n) is 7.41. The van der Waals surface area contributed by atoms with E-state index in [1.165, 1.54) is 0 Å². The molecule has 68 valence electrons. The molecule has 7 heteroatoms. The summed E-state index contributed by atoms with van der Waals surface area (Å²) < 4.78 is 3.32. The predicted octanol–water partition coefficient (Wildman–Crippen LogP) is -0.842. The molecule has 13 heavy (non-hydrogen) atoms. The van der Waals surface area contributed by atoms with Crippen LogP contribution in [0.3, 0.4) is 0 Å². The second kappa shape index (κ2) is 2.92. The quantitative estimate of drug-likeness (QED) is 0.600. The Morgan fingerprint density at radius 3 is 2.69 bits per heavy atom. The molecule has 2 aromatic rings. The minimum Gasteiger partial charge on any atom is -0.255 e. The maximum Gasteiger partial charge on any atom is 0.148 e. The van der Waals surface area contributed by atoms with Gasteiger partial charge in [0.05, 0.1) is 12.7 Å². The summed E-state index contributed by atoms with van der Waals surface area (Å²) in [6.07, 6.45) is 1.83. The Hall–Kier alpha value is -1.79. The van der Waals surface area contributed by atoms with Crippen LogP contribution in [0.1, 0.15) is 11.5 Å². The van der Waals surface area contributed by atoms with Gasteiger partial charge < -0.3 is 0 Å². The number of hydrogen-bond acceptors (Lipinski definition) is 5. The van der Waals surface area contributed by atoms with Crippen molar-refractivity contribution in [1.82, 2.24) is 35.2 Å². The summed E-state index contributed by atoms with van der Waals surface area (Å²) in [5, 5.41) is 18.8. The second-order valence-electron chi connectivity index (χ2n) is 2.77. The lowest BCUT2D eigenvalue weighted by atomic mass is 10.5. The standard InChI is InChI=1S/C6H9N7/c1-5-7-9-11-13(5)4-6-3-12(2)10-8-6/h3H,4H2,1-2H3. The van der Waals surface area contributed by atoms with Gasteiger partial charge in [-0.3, -0.25) is 4.68 Å². The van der Waals surface area contributed by atoms with Crippen LogP contribution in [0.15, 0.2) is 6.20 Å². The highest BCUT2D eigenvalue weighted by molar-refractivity contribution is 4.93. The van der Waals surface area contributed by atoms with Gasteiger partial charge in [-0.05, 0) is 17.4 Å². The first-order valence-corrected chi connectivity index (χ1v) is 3.83. The van der Waals surface area contributed by atoms with Crippen molar-refractivity contribution in [2.45, 2.75) is 13.5 Å². The SMILES string of the molecule is Cc1nnnn1Cc1cn(C)nn1. The van der Waals surface area contributed by atoms with Crippen LogP contribution in [0.25, 0.3) is 0 Å². The summed E-state index contributed by atoms with van der Waals surface area (Å²) in [5.74, 6) is 0.769. The van der Waals surface area contributed by atoms with Crippen LogP contribution in [0, 0.1) is 6.92 Å². The third kappa shape index (κ3) is 1.53. The van der Waals surface area contributed by atoms with Crippen molar-refractivity contribution in [3.63, 3.8) is 0 Å². The first kappa shape index (κ1) is 7.84. The van der Waals surface area contributed by atoms with Crippen LogP contribution < -0.4 is 0 Å². The maximum atomic E-state index is 3.93. The number of rotatable bonds is 2. The van der Waals surface area contributed by atoms with Crippen LogP contribution in [0.2, 0.25) is 0 Å². The van der Waals surface area contributed by atoms with Crippen molar-refractivity contribution in [2.24, 2.45) is 7.05 Å². The lowest BCUT2D eigenvalue weighted by Gasteiger charge is -1.95. The summed E-state index contributed by atoms with van der Waals surface area (Å²) in [4.78, 5) is 0. The van der Waals surface area contributed by atoms with Crippen molar-refractivity contribution in [1.29, 1.82) is 0 Å². The summed E-state index contributed by atoms with van der Waals surface area (Å²) in [5.41, 5.74) is 0.845.